The van der Waals surface area contributed by atoms with Crippen LogP contribution in [0.15, 0.2) is 0 Å². The van der Waals surface area contributed by atoms with E-state index in [0.717, 1.165) is 38.9 Å². The Kier molecular flexibility index (Phi) is 4.18. The highest BCUT2D eigenvalue weighted by Gasteiger charge is 2.15. The van der Waals surface area contributed by atoms with Gasteiger partial charge in [0, 0.05) is 12.5 Å². The van der Waals surface area contributed by atoms with Gasteiger partial charge in [0.25, 0.3) is 0 Å². The van der Waals surface area contributed by atoms with Crippen molar-refractivity contribution >= 4 is 5.91 Å². The molecule has 13 heavy (non-hydrogen) atoms. The molecular formula is C9H19N3O. The van der Waals surface area contributed by atoms with Gasteiger partial charge in [-0.25, -0.2) is 0 Å². The van der Waals surface area contributed by atoms with Crippen molar-refractivity contribution in [1.29, 1.82) is 0 Å². The fourth-order valence-electron chi connectivity index (χ4n) is 1.65. The van der Waals surface area contributed by atoms with E-state index >= 15 is 0 Å². The van der Waals surface area contributed by atoms with E-state index in [9.17, 15) is 4.79 Å². The lowest BCUT2D eigenvalue weighted by atomic mass is 10.1. The third kappa shape index (κ3) is 4.24. The van der Waals surface area contributed by atoms with Crippen LogP contribution >= 0.6 is 0 Å². The molecule has 1 fully saturated rings. The van der Waals surface area contributed by atoms with Crippen molar-refractivity contribution in [3.8, 4) is 0 Å². The number of carbonyl (C=O) groups excluding carboxylic acids is 1. The fraction of sp³-hybridized carbons (Fsp3) is 0.889. The molecule has 0 aromatic rings. The maximum Gasteiger partial charge on any atom is 0.217 e. The van der Waals surface area contributed by atoms with Crippen molar-refractivity contribution in [1.82, 2.24) is 4.90 Å². The van der Waals surface area contributed by atoms with Crippen molar-refractivity contribution in [3.05, 3.63) is 0 Å². The molecule has 4 nitrogen and oxygen atoms in total. The van der Waals surface area contributed by atoms with Crippen LogP contribution in [0.2, 0.25) is 0 Å². The molecule has 1 amide bonds. The maximum atomic E-state index is 10.5. The Morgan fingerprint density at radius 3 is 2.54 bits per heavy atom. The van der Waals surface area contributed by atoms with Crippen LogP contribution in [0.3, 0.4) is 0 Å². The van der Waals surface area contributed by atoms with Gasteiger partial charge in [-0.05, 0) is 38.9 Å². The third-order valence-electron chi connectivity index (χ3n) is 2.53. The molecule has 0 aliphatic carbocycles. The molecule has 0 radical (unpaired) electrons. The minimum Gasteiger partial charge on any atom is -0.370 e. The molecule has 0 bridgehead atoms. The number of nitrogens with two attached hydrogens (primary N) is 2. The first kappa shape index (κ1) is 10.5. The molecule has 1 rings (SSSR count). The molecule has 4 heteroatoms. The van der Waals surface area contributed by atoms with Gasteiger partial charge < -0.3 is 16.4 Å². The van der Waals surface area contributed by atoms with Gasteiger partial charge in [0.2, 0.25) is 5.91 Å². The van der Waals surface area contributed by atoms with Crippen molar-refractivity contribution in [2.45, 2.75) is 31.7 Å². The second kappa shape index (κ2) is 5.19. The molecule has 0 aromatic carbocycles. The second-order valence-corrected chi connectivity index (χ2v) is 3.75. The van der Waals surface area contributed by atoms with Crippen LogP contribution in [0.25, 0.3) is 0 Å². The minimum atomic E-state index is -0.200. The lowest BCUT2D eigenvalue weighted by Gasteiger charge is -2.29. The van der Waals surface area contributed by atoms with Crippen LogP contribution in [-0.2, 0) is 4.79 Å². The highest BCUT2D eigenvalue weighted by molar-refractivity contribution is 5.73. The van der Waals surface area contributed by atoms with E-state index in [-0.39, 0.29) is 5.91 Å². The minimum absolute atomic E-state index is 0.200. The Bertz CT molecular complexity index is 164. The summed E-state index contributed by atoms with van der Waals surface area (Å²) < 4.78 is 0. The summed E-state index contributed by atoms with van der Waals surface area (Å²) >= 11 is 0. The molecule has 4 N–H and O–H groups in total. The largest absolute Gasteiger partial charge is 0.370 e. The van der Waals surface area contributed by atoms with Crippen LogP contribution in [0.5, 0.6) is 0 Å². The van der Waals surface area contributed by atoms with E-state index in [4.69, 9.17) is 11.5 Å². The zero-order chi connectivity index (χ0) is 9.68. The normalized spacial score (nSPS) is 20.4. The molecule has 1 aliphatic rings. The average molecular weight is 185 g/mol. The summed E-state index contributed by atoms with van der Waals surface area (Å²) in [6.45, 7) is 3.12. The number of piperidine rings is 1. The van der Waals surface area contributed by atoms with E-state index in [2.05, 4.69) is 4.90 Å². The Morgan fingerprint density at radius 2 is 2.00 bits per heavy atom. The van der Waals surface area contributed by atoms with Crippen LogP contribution < -0.4 is 11.5 Å². The molecule has 1 saturated heterocycles. The van der Waals surface area contributed by atoms with Crippen LogP contribution in [-0.4, -0.2) is 36.5 Å². The summed E-state index contributed by atoms with van der Waals surface area (Å²) in [6, 6.07) is 0.382. The number of carbonyl (C=O) groups is 1. The predicted molar refractivity (Wildman–Crippen MR) is 52.1 cm³/mol. The molecular weight excluding hydrogens is 166 g/mol. The first-order valence-corrected chi connectivity index (χ1v) is 4.94. The van der Waals surface area contributed by atoms with E-state index < -0.39 is 0 Å². The molecule has 0 spiro atoms. The molecule has 0 aromatic heterocycles. The monoisotopic (exact) mass is 185 g/mol. The summed E-state index contributed by atoms with van der Waals surface area (Å²) in [4.78, 5) is 12.8. The SMILES string of the molecule is NC(=O)CCCN1CCC(N)CC1. The summed E-state index contributed by atoms with van der Waals surface area (Å²) in [5.74, 6) is -0.200. The van der Waals surface area contributed by atoms with Gasteiger partial charge in [-0.15, -0.1) is 0 Å². The van der Waals surface area contributed by atoms with Crippen molar-refractivity contribution in [3.63, 3.8) is 0 Å². The molecule has 0 unspecified atom stereocenters. The van der Waals surface area contributed by atoms with E-state index in [1.807, 2.05) is 0 Å². The number of hydrogen-bond donors (Lipinski definition) is 2. The zero-order valence-corrected chi connectivity index (χ0v) is 8.04. The smallest absolute Gasteiger partial charge is 0.217 e. The Morgan fingerprint density at radius 1 is 1.38 bits per heavy atom. The first-order chi connectivity index (χ1) is 6.18. The number of likely N-dealkylation sites (tertiary alicyclic amines) is 1. The summed E-state index contributed by atoms with van der Waals surface area (Å²) in [5.41, 5.74) is 10.8. The molecule has 0 saturated carbocycles. The Hall–Kier alpha value is -0.610. The van der Waals surface area contributed by atoms with Gasteiger partial charge in [0.05, 0.1) is 0 Å². The molecule has 76 valence electrons. The Balaban J connectivity index is 2.05. The number of rotatable bonds is 4. The fourth-order valence-corrected chi connectivity index (χ4v) is 1.65. The van der Waals surface area contributed by atoms with Gasteiger partial charge in [0.15, 0.2) is 0 Å². The van der Waals surface area contributed by atoms with E-state index in [0.29, 0.717) is 12.5 Å². The van der Waals surface area contributed by atoms with Gasteiger partial charge in [-0.1, -0.05) is 0 Å². The van der Waals surface area contributed by atoms with Crippen molar-refractivity contribution in [2.75, 3.05) is 19.6 Å². The lowest BCUT2D eigenvalue weighted by Crippen LogP contribution is -2.40. The Labute approximate surface area is 79.3 Å². The van der Waals surface area contributed by atoms with Gasteiger partial charge >= 0.3 is 0 Å². The highest BCUT2D eigenvalue weighted by atomic mass is 16.1. The van der Waals surface area contributed by atoms with Crippen molar-refractivity contribution < 1.29 is 4.79 Å². The van der Waals surface area contributed by atoms with Crippen LogP contribution in [0.4, 0.5) is 0 Å². The first-order valence-electron chi connectivity index (χ1n) is 4.94. The number of amides is 1. The van der Waals surface area contributed by atoms with E-state index in [1.54, 1.807) is 0 Å². The summed E-state index contributed by atoms with van der Waals surface area (Å²) in [7, 11) is 0. The predicted octanol–water partition coefficient (Wildman–Crippen LogP) is -0.325. The standard InChI is InChI=1S/C9H19N3O/c10-8-3-6-12(7-4-8)5-1-2-9(11)13/h8H,1-7,10H2,(H2,11,13). The highest BCUT2D eigenvalue weighted by Crippen LogP contribution is 2.08. The lowest BCUT2D eigenvalue weighted by molar-refractivity contribution is -0.118. The third-order valence-corrected chi connectivity index (χ3v) is 2.53. The maximum absolute atomic E-state index is 10.5. The quantitative estimate of drug-likeness (QED) is 0.630. The van der Waals surface area contributed by atoms with Crippen molar-refractivity contribution in [2.24, 2.45) is 11.5 Å². The van der Waals surface area contributed by atoms with Gasteiger partial charge in [-0.3, -0.25) is 4.79 Å². The number of nitrogens with zero attached hydrogens (tertiary/aromatic N) is 1. The van der Waals surface area contributed by atoms with E-state index in [1.165, 1.54) is 0 Å². The zero-order valence-electron chi connectivity index (χ0n) is 8.04. The van der Waals surface area contributed by atoms with Crippen LogP contribution in [0.1, 0.15) is 25.7 Å². The summed E-state index contributed by atoms with van der Waals surface area (Å²) in [6.07, 6.45) is 3.54. The second-order valence-electron chi connectivity index (χ2n) is 3.75. The molecule has 1 aliphatic heterocycles. The van der Waals surface area contributed by atoms with Gasteiger partial charge in [0.1, 0.15) is 0 Å². The molecule has 0 atom stereocenters. The average Bonchev–Trinajstić information content (AvgIpc) is 2.08. The summed E-state index contributed by atoms with van der Waals surface area (Å²) in [5, 5.41) is 0. The molecule has 1 heterocycles. The van der Waals surface area contributed by atoms with Crippen LogP contribution in [0, 0.1) is 0 Å². The number of hydrogen-bond acceptors (Lipinski definition) is 3. The number of primary amides is 1. The van der Waals surface area contributed by atoms with Gasteiger partial charge in [-0.2, -0.15) is 0 Å². The topological polar surface area (TPSA) is 72.4 Å².